The van der Waals surface area contributed by atoms with Crippen molar-refractivity contribution in [1.82, 2.24) is 14.8 Å². The van der Waals surface area contributed by atoms with Crippen molar-refractivity contribution in [3.05, 3.63) is 35.7 Å². The third kappa shape index (κ3) is 3.61. The van der Waals surface area contributed by atoms with Gasteiger partial charge < -0.3 is 0 Å². The van der Waals surface area contributed by atoms with E-state index in [4.69, 9.17) is 0 Å². The number of aryl methyl sites for hydroxylation is 1. The van der Waals surface area contributed by atoms with E-state index < -0.39 is 15.4 Å². The molecule has 1 N–H and O–H groups in total. The molecule has 0 radical (unpaired) electrons. The summed E-state index contributed by atoms with van der Waals surface area (Å²) in [5.74, 6) is 0. The van der Waals surface area contributed by atoms with E-state index in [9.17, 15) is 8.42 Å². The number of thiazole rings is 1. The van der Waals surface area contributed by atoms with Crippen LogP contribution in [-0.4, -0.2) is 23.2 Å². The molecule has 0 aliphatic carbocycles. The Bertz CT molecular complexity index is 1060. The van der Waals surface area contributed by atoms with E-state index in [1.54, 1.807) is 10.9 Å². The fourth-order valence-electron chi connectivity index (χ4n) is 2.60. The highest BCUT2D eigenvalue weighted by molar-refractivity contribution is 7.93. The molecule has 6 nitrogen and oxygen atoms in total. The number of fused-ring (bicyclic) bond motifs is 1. The van der Waals surface area contributed by atoms with Gasteiger partial charge >= 0.3 is 0 Å². The largest absolute Gasteiger partial charge is 0.269 e. The number of aromatic nitrogens is 3. The Hall–Kier alpha value is -1.93. The summed E-state index contributed by atoms with van der Waals surface area (Å²) in [6.45, 7) is 11.8. The summed E-state index contributed by atoms with van der Waals surface area (Å²) in [6.07, 6.45) is 1.60. The molecule has 3 rings (SSSR count). The minimum atomic E-state index is -3.78. The maximum atomic E-state index is 13.1. The molecule has 0 atom stereocenters. The van der Waals surface area contributed by atoms with E-state index in [0.717, 1.165) is 15.8 Å². The van der Waals surface area contributed by atoms with E-state index in [1.807, 2.05) is 59.7 Å². The van der Waals surface area contributed by atoms with Gasteiger partial charge in [0.25, 0.3) is 10.0 Å². The zero-order valence-electron chi connectivity index (χ0n) is 15.9. The number of hydrogen-bond acceptors (Lipinski definition) is 5. The van der Waals surface area contributed by atoms with Crippen LogP contribution in [-0.2, 0) is 15.4 Å². The first kappa shape index (κ1) is 18.8. The van der Waals surface area contributed by atoms with Crippen molar-refractivity contribution in [2.75, 3.05) is 4.72 Å². The highest BCUT2D eigenvalue weighted by Gasteiger charge is 2.31. The van der Waals surface area contributed by atoms with Crippen molar-refractivity contribution < 1.29 is 8.42 Å². The number of nitrogens with one attached hydrogen (secondary N) is 1. The van der Waals surface area contributed by atoms with Crippen molar-refractivity contribution in [2.45, 2.75) is 57.9 Å². The first-order valence-electron chi connectivity index (χ1n) is 8.47. The van der Waals surface area contributed by atoms with Crippen LogP contribution in [0.5, 0.6) is 0 Å². The maximum absolute atomic E-state index is 13.1. The standard InChI is InChI=1S/C18H24N4O2S2/c1-11(2)22-10-15(16(20-22)18(4,5)6)26(23,24)21-17-19-13-8-7-12(3)9-14(13)25-17/h7-11H,1-6H3,(H,19,21). The third-order valence-electron chi connectivity index (χ3n) is 3.99. The summed E-state index contributed by atoms with van der Waals surface area (Å²) < 4.78 is 31.4. The predicted octanol–water partition coefficient (Wildman–Crippen LogP) is 4.48. The van der Waals surface area contributed by atoms with E-state index >= 15 is 0 Å². The Morgan fingerprint density at radius 1 is 1.23 bits per heavy atom. The average molecular weight is 393 g/mol. The molecule has 0 fully saturated rings. The Kier molecular flexibility index (Phi) is 4.60. The fourth-order valence-corrected chi connectivity index (χ4v) is 5.15. The van der Waals surface area contributed by atoms with Gasteiger partial charge in [-0.3, -0.25) is 9.40 Å². The molecule has 3 aromatic rings. The molecule has 140 valence electrons. The average Bonchev–Trinajstić information content (AvgIpc) is 3.09. The van der Waals surface area contributed by atoms with Gasteiger partial charge in [-0.2, -0.15) is 5.10 Å². The van der Waals surface area contributed by atoms with E-state index in [-0.39, 0.29) is 10.9 Å². The van der Waals surface area contributed by atoms with Gasteiger partial charge in [-0.05, 0) is 38.5 Å². The van der Waals surface area contributed by atoms with Gasteiger partial charge in [0.1, 0.15) is 4.90 Å². The summed E-state index contributed by atoms with van der Waals surface area (Å²) in [4.78, 5) is 4.60. The van der Waals surface area contributed by atoms with Crippen molar-refractivity contribution >= 4 is 36.7 Å². The first-order chi connectivity index (χ1) is 12.0. The second-order valence-electron chi connectivity index (χ2n) is 7.76. The fraction of sp³-hybridized carbons (Fsp3) is 0.444. The predicted molar refractivity (Wildman–Crippen MR) is 106 cm³/mol. The molecular weight excluding hydrogens is 368 g/mol. The molecule has 1 aromatic carbocycles. The lowest BCUT2D eigenvalue weighted by molar-refractivity contribution is 0.493. The monoisotopic (exact) mass is 392 g/mol. The van der Waals surface area contributed by atoms with Crippen LogP contribution in [0.15, 0.2) is 29.3 Å². The molecular formula is C18H24N4O2S2. The van der Waals surface area contributed by atoms with Crippen LogP contribution < -0.4 is 4.72 Å². The van der Waals surface area contributed by atoms with Crippen LogP contribution in [0.3, 0.4) is 0 Å². The number of benzene rings is 1. The topological polar surface area (TPSA) is 76.9 Å². The molecule has 0 aliphatic rings. The maximum Gasteiger partial charge on any atom is 0.267 e. The summed E-state index contributed by atoms with van der Waals surface area (Å²) in [6, 6.07) is 5.94. The van der Waals surface area contributed by atoms with Crippen molar-refractivity contribution in [3.63, 3.8) is 0 Å². The number of anilines is 1. The second-order valence-corrected chi connectivity index (χ2v) is 10.4. The summed E-state index contributed by atoms with van der Waals surface area (Å²) in [5, 5.41) is 4.89. The third-order valence-corrected chi connectivity index (χ3v) is 6.40. The van der Waals surface area contributed by atoms with Gasteiger partial charge in [0.05, 0.1) is 15.9 Å². The lowest BCUT2D eigenvalue weighted by atomic mass is 9.92. The minimum absolute atomic E-state index is 0.0745. The van der Waals surface area contributed by atoms with Gasteiger partial charge in [-0.25, -0.2) is 13.4 Å². The lowest BCUT2D eigenvalue weighted by Gasteiger charge is -2.17. The zero-order chi connectivity index (χ0) is 19.3. The molecule has 0 amide bonds. The second kappa shape index (κ2) is 6.35. The van der Waals surface area contributed by atoms with Crippen molar-refractivity contribution in [3.8, 4) is 0 Å². The normalized spacial score (nSPS) is 12.9. The smallest absolute Gasteiger partial charge is 0.267 e. The molecule has 26 heavy (non-hydrogen) atoms. The van der Waals surface area contributed by atoms with Crippen LogP contribution >= 0.6 is 11.3 Å². The molecule has 2 aromatic heterocycles. The number of hydrogen-bond donors (Lipinski definition) is 1. The SMILES string of the molecule is Cc1ccc2nc(NS(=O)(=O)c3cn(C(C)C)nc3C(C)(C)C)sc2c1. The highest BCUT2D eigenvalue weighted by Crippen LogP contribution is 2.32. The summed E-state index contributed by atoms with van der Waals surface area (Å²) >= 11 is 1.33. The van der Waals surface area contributed by atoms with Gasteiger partial charge in [0.15, 0.2) is 5.13 Å². The van der Waals surface area contributed by atoms with Crippen LogP contribution in [0, 0.1) is 6.92 Å². The molecule has 8 heteroatoms. The van der Waals surface area contributed by atoms with E-state index in [2.05, 4.69) is 14.8 Å². The molecule has 0 saturated carbocycles. The molecule has 0 unspecified atom stereocenters. The lowest BCUT2D eigenvalue weighted by Crippen LogP contribution is -2.20. The van der Waals surface area contributed by atoms with Crippen LogP contribution in [0.25, 0.3) is 10.2 Å². The number of sulfonamides is 1. The van der Waals surface area contributed by atoms with Crippen LogP contribution in [0.4, 0.5) is 5.13 Å². The van der Waals surface area contributed by atoms with Gasteiger partial charge in [0.2, 0.25) is 0 Å². The first-order valence-corrected chi connectivity index (χ1v) is 10.8. The van der Waals surface area contributed by atoms with Crippen LogP contribution in [0.2, 0.25) is 0 Å². The molecule has 0 spiro atoms. The molecule has 0 bridgehead atoms. The van der Waals surface area contributed by atoms with E-state index in [1.165, 1.54) is 11.3 Å². The molecule has 0 saturated heterocycles. The van der Waals surface area contributed by atoms with Crippen molar-refractivity contribution in [2.24, 2.45) is 0 Å². The zero-order valence-corrected chi connectivity index (χ0v) is 17.5. The Balaban J connectivity index is 2.04. The van der Waals surface area contributed by atoms with Crippen molar-refractivity contribution in [1.29, 1.82) is 0 Å². The Morgan fingerprint density at radius 2 is 1.92 bits per heavy atom. The number of nitrogens with zero attached hydrogens (tertiary/aromatic N) is 3. The van der Waals surface area contributed by atoms with Gasteiger partial charge in [-0.1, -0.05) is 38.2 Å². The molecule has 2 heterocycles. The Labute approximate surface area is 158 Å². The minimum Gasteiger partial charge on any atom is -0.269 e. The Morgan fingerprint density at radius 3 is 2.54 bits per heavy atom. The summed E-state index contributed by atoms with van der Waals surface area (Å²) in [5.41, 5.74) is 2.06. The summed E-state index contributed by atoms with van der Waals surface area (Å²) in [7, 11) is -3.78. The number of rotatable bonds is 4. The van der Waals surface area contributed by atoms with Crippen LogP contribution in [0.1, 0.15) is 51.9 Å². The molecule has 0 aliphatic heterocycles. The van der Waals surface area contributed by atoms with E-state index in [0.29, 0.717) is 10.8 Å². The quantitative estimate of drug-likeness (QED) is 0.710. The highest BCUT2D eigenvalue weighted by atomic mass is 32.2. The van der Waals surface area contributed by atoms with Gasteiger partial charge in [-0.15, -0.1) is 0 Å². The van der Waals surface area contributed by atoms with Gasteiger partial charge in [0, 0.05) is 17.7 Å².